The Morgan fingerprint density at radius 2 is 1.65 bits per heavy atom. The summed E-state index contributed by atoms with van der Waals surface area (Å²) in [5, 5.41) is 5.84. The van der Waals surface area contributed by atoms with E-state index in [2.05, 4.69) is 10.6 Å². The van der Waals surface area contributed by atoms with Crippen LogP contribution in [-0.2, 0) is 4.79 Å². The van der Waals surface area contributed by atoms with Crippen LogP contribution in [0.15, 0.2) is 48.5 Å². The third-order valence-corrected chi connectivity index (χ3v) is 6.09. The maximum Gasteiger partial charge on any atom is 0.253 e. The number of nitrogens with zero attached hydrogens (tertiary/aromatic N) is 1. The highest BCUT2D eigenvalue weighted by Gasteiger charge is 2.34. The molecule has 2 aromatic rings. The summed E-state index contributed by atoms with van der Waals surface area (Å²) in [4.78, 5) is 40.6. The van der Waals surface area contributed by atoms with E-state index in [0.29, 0.717) is 55.1 Å². The van der Waals surface area contributed by atoms with Crippen LogP contribution in [0.25, 0.3) is 0 Å². The minimum absolute atomic E-state index is 0.0633. The topological polar surface area (TPSA) is 97.0 Å². The van der Waals surface area contributed by atoms with Crippen molar-refractivity contribution in [2.45, 2.75) is 32.2 Å². The molecule has 0 aliphatic carbocycles. The highest BCUT2D eigenvalue weighted by atomic mass is 16.5. The van der Waals surface area contributed by atoms with Crippen LogP contribution in [0.2, 0.25) is 0 Å². The number of amides is 3. The summed E-state index contributed by atoms with van der Waals surface area (Å²) in [5.74, 6) is 0.645. The van der Waals surface area contributed by atoms with Crippen LogP contribution in [0.1, 0.15) is 46.9 Å². The van der Waals surface area contributed by atoms with Gasteiger partial charge in [0.05, 0.1) is 14.2 Å². The molecule has 1 fully saturated rings. The standard InChI is InChI=1S/C26H33N3O5/c1-4-14-27-25(31)23(28-24(30)19-8-10-21(33-2)11-9-19)18-12-15-29(16-13-18)26(32)20-6-5-7-22(17-20)34-3/h5-11,17-18,23H,4,12-16H2,1-3H3,(H,27,31)(H,28,30)/t23-/m0/s1. The normalized spacial score (nSPS) is 14.7. The molecular formula is C26H33N3O5. The van der Waals surface area contributed by atoms with Gasteiger partial charge in [-0.2, -0.15) is 0 Å². The zero-order valence-electron chi connectivity index (χ0n) is 20.0. The Labute approximate surface area is 200 Å². The summed E-state index contributed by atoms with van der Waals surface area (Å²) in [6, 6.07) is 13.2. The van der Waals surface area contributed by atoms with E-state index in [1.54, 1.807) is 67.7 Å². The molecule has 1 aliphatic rings. The van der Waals surface area contributed by atoms with Gasteiger partial charge in [0.2, 0.25) is 5.91 Å². The molecule has 0 spiro atoms. The number of rotatable bonds is 9. The zero-order valence-corrected chi connectivity index (χ0v) is 20.0. The third kappa shape index (κ3) is 6.27. The van der Waals surface area contributed by atoms with Crippen LogP contribution >= 0.6 is 0 Å². The second-order valence-corrected chi connectivity index (χ2v) is 8.33. The molecule has 182 valence electrons. The fourth-order valence-corrected chi connectivity index (χ4v) is 4.10. The Bertz CT molecular complexity index is 984. The van der Waals surface area contributed by atoms with Gasteiger partial charge in [0.25, 0.3) is 11.8 Å². The number of carbonyl (C=O) groups is 3. The molecule has 0 aromatic heterocycles. The molecule has 3 amide bonds. The first-order chi connectivity index (χ1) is 16.5. The molecule has 1 saturated heterocycles. The molecule has 1 heterocycles. The SMILES string of the molecule is CCCNC(=O)[C@@H](NC(=O)c1ccc(OC)cc1)C1CCN(C(=O)c2cccc(OC)c2)CC1. The molecule has 0 unspecified atom stereocenters. The molecule has 0 radical (unpaired) electrons. The third-order valence-electron chi connectivity index (χ3n) is 6.09. The molecule has 0 bridgehead atoms. The molecule has 8 nitrogen and oxygen atoms in total. The van der Waals surface area contributed by atoms with Crippen molar-refractivity contribution >= 4 is 17.7 Å². The number of piperidine rings is 1. The van der Waals surface area contributed by atoms with E-state index in [0.717, 1.165) is 6.42 Å². The molecule has 3 rings (SSSR count). The fraction of sp³-hybridized carbons (Fsp3) is 0.423. The summed E-state index contributed by atoms with van der Waals surface area (Å²) in [7, 11) is 3.13. The molecule has 1 atom stereocenters. The second-order valence-electron chi connectivity index (χ2n) is 8.33. The van der Waals surface area contributed by atoms with Crippen LogP contribution in [0, 0.1) is 5.92 Å². The van der Waals surface area contributed by atoms with Gasteiger partial charge in [0.1, 0.15) is 17.5 Å². The number of hydrogen-bond donors (Lipinski definition) is 2. The van der Waals surface area contributed by atoms with Crippen molar-refractivity contribution in [1.29, 1.82) is 0 Å². The number of benzene rings is 2. The number of methoxy groups -OCH3 is 2. The van der Waals surface area contributed by atoms with Crippen molar-refractivity contribution < 1.29 is 23.9 Å². The first kappa shape index (κ1) is 25.1. The fourth-order valence-electron chi connectivity index (χ4n) is 4.10. The first-order valence-corrected chi connectivity index (χ1v) is 11.6. The van der Waals surface area contributed by atoms with Crippen LogP contribution in [0.5, 0.6) is 11.5 Å². The predicted octanol–water partition coefficient (Wildman–Crippen LogP) is 2.88. The quantitative estimate of drug-likeness (QED) is 0.591. The lowest BCUT2D eigenvalue weighted by molar-refractivity contribution is -0.124. The van der Waals surface area contributed by atoms with E-state index in [1.807, 2.05) is 6.92 Å². The highest BCUT2D eigenvalue weighted by Crippen LogP contribution is 2.24. The average Bonchev–Trinajstić information content (AvgIpc) is 2.90. The summed E-state index contributed by atoms with van der Waals surface area (Å²) >= 11 is 0. The average molecular weight is 468 g/mol. The van der Waals surface area contributed by atoms with Crippen molar-refractivity contribution in [3.8, 4) is 11.5 Å². The number of nitrogens with one attached hydrogen (secondary N) is 2. The van der Waals surface area contributed by atoms with Crippen LogP contribution in [0.3, 0.4) is 0 Å². The molecule has 2 aromatic carbocycles. The molecule has 2 N–H and O–H groups in total. The summed E-state index contributed by atoms with van der Waals surface area (Å²) < 4.78 is 10.4. The largest absolute Gasteiger partial charge is 0.497 e. The smallest absolute Gasteiger partial charge is 0.253 e. The number of ether oxygens (including phenoxy) is 2. The van der Waals surface area contributed by atoms with Crippen LogP contribution in [-0.4, -0.2) is 62.5 Å². The number of likely N-dealkylation sites (tertiary alicyclic amines) is 1. The van der Waals surface area contributed by atoms with E-state index >= 15 is 0 Å². The van der Waals surface area contributed by atoms with Crippen molar-refractivity contribution in [1.82, 2.24) is 15.5 Å². The number of hydrogen-bond acceptors (Lipinski definition) is 5. The maximum absolute atomic E-state index is 12.9. The predicted molar refractivity (Wildman–Crippen MR) is 129 cm³/mol. The van der Waals surface area contributed by atoms with Crippen LogP contribution in [0.4, 0.5) is 0 Å². The highest BCUT2D eigenvalue weighted by molar-refractivity contribution is 5.98. The monoisotopic (exact) mass is 467 g/mol. The molecule has 8 heteroatoms. The minimum Gasteiger partial charge on any atom is -0.497 e. The van der Waals surface area contributed by atoms with Crippen molar-refractivity contribution in [3.05, 3.63) is 59.7 Å². The van der Waals surface area contributed by atoms with E-state index in [1.165, 1.54) is 0 Å². The summed E-state index contributed by atoms with van der Waals surface area (Å²) in [5.41, 5.74) is 1.03. The number of carbonyl (C=O) groups excluding carboxylic acids is 3. The van der Waals surface area contributed by atoms with Gasteiger partial charge in [-0.15, -0.1) is 0 Å². The molecule has 1 aliphatic heterocycles. The minimum atomic E-state index is -0.671. The van der Waals surface area contributed by atoms with Crippen molar-refractivity contribution in [3.63, 3.8) is 0 Å². The van der Waals surface area contributed by atoms with Gasteiger partial charge in [-0.25, -0.2) is 0 Å². The van der Waals surface area contributed by atoms with Crippen LogP contribution < -0.4 is 20.1 Å². The lowest BCUT2D eigenvalue weighted by Crippen LogP contribution is -2.54. The van der Waals surface area contributed by atoms with E-state index in [-0.39, 0.29) is 23.6 Å². The van der Waals surface area contributed by atoms with Gasteiger partial charge in [-0.1, -0.05) is 13.0 Å². The lowest BCUT2D eigenvalue weighted by Gasteiger charge is -2.36. The lowest BCUT2D eigenvalue weighted by atomic mass is 9.88. The van der Waals surface area contributed by atoms with E-state index < -0.39 is 6.04 Å². The molecule has 34 heavy (non-hydrogen) atoms. The van der Waals surface area contributed by atoms with Gasteiger partial charge in [-0.05, 0) is 67.6 Å². The van der Waals surface area contributed by atoms with Gasteiger partial charge in [0, 0.05) is 30.8 Å². The molecular weight excluding hydrogens is 434 g/mol. The van der Waals surface area contributed by atoms with E-state index in [4.69, 9.17) is 9.47 Å². The summed E-state index contributed by atoms with van der Waals surface area (Å²) in [6.45, 7) is 3.54. The second kappa shape index (κ2) is 12.1. The maximum atomic E-state index is 12.9. The Balaban J connectivity index is 1.67. The van der Waals surface area contributed by atoms with E-state index in [9.17, 15) is 14.4 Å². The zero-order chi connectivity index (χ0) is 24.5. The Morgan fingerprint density at radius 1 is 0.971 bits per heavy atom. The van der Waals surface area contributed by atoms with Gasteiger partial charge >= 0.3 is 0 Å². The molecule has 0 saturated carbocycles. The van der Waals surface area contributed by atoms with Crippen molar-refractivity contribution in [2.75, 3.05) is 33.9 Å². The Morgan fingerprint density at radius 3 is 2.26 bits per heavy atom. The summed E-state index contributed by atoms with van der Waals surface area (Å²) in [6.07, 6.45) is 2.03. The van der Waals surface area contributed by atoms with Gasteiger partial charge < -0.3 is 25.0 Å². The van der Waals surface area contributed by atoms with Gasteiger partial charge in [0.15, 0.2) is 0 Å². The van der Waals surface area contributed by atoms with Gasteiger partial charge in [-0.3, -0.25) is 14.4 Å². The first-order valence-electron chi connectivity index (χ1n) is 11.6. The van der Waals surface area contributed by atoms with Crippen molar-refractivity contribution in [2.24, 2.45) is 5.92 Å². The Hall–Kier alpha value is -3.55. The Kier molecular flexibility index (Phi) is 8.90.